The average Bonchev–Trinajstić information content (AvgIpc) is 3.46. The van der Waals surface area contributed by atoms with Gasteiger partial charge in [0.05, 0.1) is 0 Å². The predicted octanol–water partition coefficient (Wildman–Crippen LogP) is 7.42. The number of aromatic nitrogens is 1. The van der Waals surface area contributed by atoms with Crippen LogP contribution in [0.2, 0.25) is 0 Å². The van der Waals surface area contributed by atoms with Gasteiger partial charge in [-0.25, -0.2) is 0 Å². The van der Waals surface area contributed by atoms with Crippen LogP contribution in [0.3, 0.4) is 0 Å². The van der Waals surface area contributed by atoms with Crippen molar-refractivity contribution in [3.8, 4) is 0 Å². The van der Waals surface area contributed by atoms with Crippen molar-refractivity contribution in [1.29, 1.82) is 0 Å². The zero-order valence-electron chi connectivity index (χ0n) is 23.5. The molecule has 3 aliphatic rings. The molecule has 38 heavy (non-hydrogen) atoms. The van der Waals surface area contributed by atoms with Crippen molar-refractivity contribution in [3.05, 3.63) is 83.6 Å². The number of nitrogens with one attached hydrogen (secondary N) is 2. The molecule has 2 N–H and O–H groups in total. The lowest BCUT2D eigenvalue weighted by Crippen LogP contribution is -2.52. The van der Waals surface area contributed by atoms with E-state index in [0.717, 1.165) is 31.2 Å². The van der Waals surface area contributed by atoms with Crippen molar-refractivity contribution in [3.63, 3.8) is 0 Å². The molecule has 200 valence electrons. The molecule has 4 nitrogen and oxygen atoms in total. The van der Waals surface area contributed by atoms with Crippen molar-refractivity contribution in [1.82, 2.24) is 10.3 Å². The number of H-pyrrole nitrogens is 1. The molecule has 5 rings (SSSR count). The Morgan fingerprint density at radius 1 is 1.11 bits per heavy atom. The van der Waals surface area contributed by atoms with Gasteiger partial charge in [-0.15, -0.1) is 0 Å². The van der Waals surface area contributed by atoms with E-state index in [4.69, 9.17) is 0 Å². The molecule has 1 spiro atoms. The summed E-state index contributed by atoms with van der Waals surface area (Å²) in [6, 6.07) is 8.19. The van der Waals surface area contributed by atoms with Crippen molar-refractivity contribution in [2.45, 2.75) is 72.3 Å². The first-order chi connectivity index (χ1) is 18.3. The third-order valence-corrected chi connectivity index (χ3v) is 9.47. The lowest BCUT2D eigenvalue weighted by atomic mass is 9.53. The van der Waals surface area contributed by atoms with Crippen molar-refractivity contribution in [2.24, 2.45) is 29.1 Å². The maximum atomic E-state index is 14.3. The van der Waals surface area contributed by atoms with E-state index in [2.05, 4.69) is 93.6 Å². The Hall–Kier alpha value is -3.14. The van der Waals surface area contributed by atoms with Crippen molar-refractivity contribution < 1.29 is 9.59 Å². The highest BCUT2D eigenvalue weighted by Crippen LogP contribution is 2.57. The third-order valence-electron chi connectivity index (χ3n) is 9.47. The quantitative estimate of drug-likeness (QED) is 0.333. The van der Waals surface area contributed by atoms with Gasteiger partial charge in [-0.05, 0) is 69.1 Å². The fourth-order valence-electron chi connectivity index (χ4n) is 7.60. The molecule has 0 unspecified atom stereocenters. The largest absolute Gasteiger partial charge is 0.361 e. The summed E-state index contributed by atoms with van der Waals surface area (Å²) in [7, 11) is 0. The first-order valence-electron chi connectivity index (χ1n) is 14.4. The van der Waals surface area contributed by atoms with Gasteiger partial charge in [0.15, 0.2) is 5.78 Å². The van der Waals surface area contributed by atoms with Crippen molar-refractivity contribution in [2.75, 3.05) is 0 Å². The Morgan fingerprint density at radius 2 is 1.89 bits per heavy atom. The molecule has 1 fully saturated rings. The predicted molar refractivity (Wildman–Crippen MR) is 156 cm³/mol. The van der Waals surface area contributed by atoms with Crippen LogP contribution < -0.4 is 5.32 Å². The summed E-state index contributed by atoms with van der Waals surface area (Å²) in [6.07, 6.45) is 18.3. The van der Waals surface area contributed by atoms with Gasteiger partial charge in [0.25, 0.3) is 0 Å². The number of ketones is 1. The standard InChI is InChI=1S/C34H42N2O2/c1-6-26-23(4)19-25-14-11-13-22(3)18-21(2)12-7-10-17-30(37)34(25)31(26)32(36-33(34)38)24(5)28-20-35-29-16-9-8-15-27(28)29/h8-11,14-20,22,24-26,31-32,35H,6-7,12-13H2,1-5H3,(H,36,38)/b14-11+,17-10+,21-18-/t22-,24+,25-,26+,31-,32-,34+/m0/s1. The van der Waals surface area contributed by atoms with Crippen LogP contribution >= 0.6 is 0 Å². The number of allylic oxidation sites excluding steroid dienone is 8. The minimum absolute atomic E-state index is 0.0422. The van der Waals surface area contributed by atoms with Crippen LogP contribution in [-0.4, -0.2) is 22.7 Å². The molecule has 4 heteroatoms. The molecule has 1 aromatic carbocycles. The highest BCUT2D eigenvalue weighted by molar-refractivity contribution is 6.13. The fourth-order valence-corrected chi connectivity index (χ4v) is 7.60. The highest BCUT2D eigenvalue weighted by atomic mass is 16.2. The summed E-state index contributed by atoms with van der Waals surface area (Å²) in [4.78, 5) is 32.0. The van der Waals surface area contributed by atoms with E-state index >= 15 is 0 Å². The van der Waals surface area contributed by atoms with Gasteiger partial charge in [-0.1, -0.05) is 80.5 Å². The SMILES string of the molecule is CC[C@@H]1C(C)=C[C@@H]2/C=C/C[C@H](C)/C=C(/C)CC/C=C/C(=O)[C@]23C(=O)N[C@@H]([C@H](C)c2c[nH]c4ccccc24)[C@H]13. The van der Waals surface area contributed by atoms with E-state index in [1.807, 2.05) is 12.1 Å². The fraction of sp³-hybridized carbons (Fsp3) is 0.471. The molecule has 0 bridgehead atoms. The van der Waals surface area contributed by atoms with Gasteiger partial charge in [0, 0.05) is 40.9 Å². The Kier molecular flexibility index (Phi) is 7.35. The van der Waals surface area contributed by atoms with E-state index in [-0.39, 0.29) is 41.4 Å². The summed E-state index contributed by atoms with van der Waals surface area (Å²) in [6.45, 7) is 11.0. The van der Waals surface area contributed by atoms with Crippen LogP contribution in [0.25, 0.3) is 10.9 Å². The second kappa shape index (κ2) is 10.6. The van der Waals surface area contributed by atoms with E-state index in [1.54, 1.807) is 6.08 Å². The van der Waals surface area contributed by atoms with Gasteiger partial charge in [-0.3, -0.25) is 9.59 Å². The number of benzene rings is 1. The summed E-state index contributed by atoms with van der Waals surface area (Å²) in [5.41, 5.74) is 3.81. The molecule has 2 aliphatic carbocycles. The summed E-state index contributed by atoms with van der Waals surface area (Å²) >= 11 is 0. The molecule has 1 saturated heterocycles. The summed E-state index contributed by atoms with van der Waals surface area (Å²) < 4.78 is 0. The molecule has 7 atom stereocenters. The number of aromatic amines is 1. The highest BCUT2D eigenvalue weighted by Gasteiger charge is 2.66. The van der Waals surface area contributed by atoms with Gasteiger partial charge < -0.3 is 10.3 Å². The van der Waals surface area contributed by atoms with E-state index in [9.17, 15) is 9.59 Å². The van der Waals surface area contributed by atoms with Gasteiger partial charge in [-0.2, -0.15) is 0 Å². The van der Waals surface area contributed by atoms with Crippen LogP contribution in [0.15, 0.2) is 78.1 Å². The van der Waals surface area contributed by atoms with Crippen LogP contribution in [0.5, 0.6) is 0 Å². The van der Waals surface area contributed by atoms with Gasteiger partial charge >= 0.3 is 0 Å². The average molecular weight is 511 g/mol. The molecule has 0 radical (unpaired) electrons. The molecular weight excluding hydrogens is 468 g/mol. The van der Waals surface area contributed by atoms with Crippen LogP contribution in [0, 0.1) is 29.1 Å². The topological polar surface area (TPSA) is 62.0 Å². The third kappa shape index (κ3) is 4.32. The van der Waals surface area contributed by atoms with Crippen molar-refractivity contribution >= 4 is 22.6 Å². The second-order valence-corrected chi connectivity index (χ2v) is 11.9. The molecular formula is C34H42N2O2. The first-order valence-corrected chi connectivity index (χ1v) is 14.4. The maximum absolute atomic E-state index is 14.3. The first kappa shape index (κ1) is 26.5. The van der Waals surface area contributed by atoms with E-state index in [0.29, 0.717) is 5.92 Å². The zero-order chi connectivity index (χ0) is 27.0. The Bertz CT molecular complexity index is 1340. The molecule has 2 heterocycles. The molecule has 1 aliphatic heterocycles. The van der Waals surface area contributed by atoms with Crippen LogP contribution in [0.4, 0.5) is 0 Å². The normalized spacial score (nSPS) is 35.9. The summed E-state index contributed by atoms with van der Waals surface area (Å²) in [5, 5.41) is 4.59. The number of amides is 1. The molecule has 1 amide bonds. The number of fused-ring (bicyclic) bond motifs is 1. The van der Waals surface area contributed by atoms with Gasteiger partial charge in [0.2, 0.25) is 5.91 Å². The Balaban J connectivity index is 1.64. The minimum atomic E-state index is -1.13. The van der Waals surface area contributed by atoms with Crippen LogP contribution in [0.1, 0.15) is 71.8 Å². The number of carbonyl (C=O) groups is 2. The molecule has 1 aromatic heterocycles. The van der Waals surface area contributed by atoms with Gasteiger partial charge in [0.1, 0.15) is 5.41 Å². The second-order valence-electron chi connectivity index (χ2n) is 11.9. The lowest BCUT2D eigenvalue weighted by Gasteiger charge is -2.46. The van der Waals surface area contributed by atoms with E-state index < -0.39 is 5.41 Å². The smallest absolute Gasteiger partial charge is 0.235 e. The summed E-state index contributed by atoms with van der Waals surface area (Å²) in [5.74, 6) is 0.0998. The Morgan fingerprint density at radius 3 is 2.68 bits per heavy atom. The molecule has 2 aromatic rings. The Labute approximate surface area is 227 Å². The number of para-hydroxylation sites is 1. The molecule has 0 saturated carbocycles. The number of rotatable bonds is 3. The minimum Gasteiger partial charge on any atom is -0.361 e. The monoisotopic (exact) mass is 510 g/mol. The van der Waals surface area contributed by atoms with Crippen LogP contribution in [-0.2, 0) is 9.59 Å². The number of hydrogen-bond donors (Lipinski definition) is 2. The number of hydrogen-bond acceptors (Lipinski definition) is 2. The maximum Gasteiger partial charge on any atom is 0.235 e. The number of carbonyl (C=O) groups excluding carboxylic acids is 2. The zero-order valence-corrected chi connectivity index (χ0v) is 23.5. The van der Waals surface area contributed by atoms with E-state index in [1.165, 1.54) is 22.1 Å². The lowest BCUT2D eigenvalue weighted by molar-refractivity contribution is -0.142.